The van der Waals surface area contributed by atoms with E-state index in [1.54, 1.807) is 6.07 Å². The average Bonchev–Trinajstić information content (AvgIpc) is 2.36. The number of amides is 1. The first-order chi connectivity index (χ1) is 8.72. The van der Waals surface area contributed by atoms with E-state index < -0.39 is 0 Å². The van der Waals surface area contributed by atoms with Crippen molar-refractivity contribution < 1.29 is 4.79 Å². The second kappa shape index (κ2) is 4.38. The highest BCUT2D eigenvalue weighted by molar-refractivity contribution is 5.95. The molecule has 1 aliphatic rings. The van der Waals surface area contributed by atoms with Gasteiger partial charge in [0.05, 0.1) is 5.52 Å². The third kappa shape index (κ3) is 2.07. The zero-order chi connectivity index (χ0) is 12.5. The van der Waals surface area contributed by atoms with Crippen molar-refractivity contribution in [2.24, 2.45) is 5.73 Å². The number of nitrogens with one attached hydrogen (secondary N) is 1. The second-order valence-corrected chi connectivity index (χ2v) is 4.79. The Hall–Kier alpha value is -1.94. The number of pyridine rings is 1. The fraction of sp³-hybridized carbons (Fsp3) is 0.286. The number of carbonyl (C=O) groups is 1. The summed E-state index contributed by atoms with van der Waals surface area (Å²) in [6.45, 7) is 0. The van der Waals surface area contributed by atoms with Gasteiger partial charge in [-0.3, -0.25) is 4.79 Å². The maximum Gasteiger partial charge on any atom is 0.270 e. The first-order valence-corrected chi connectivity index (χ1v) is 6.14. The molecule has 92 valence electrons. The summed E-state index contributed by atoms with van der Waals surface area (Å²) in [7, 11) is 0. The molecule has 1 amide bonds. The molecule has 1 aromatic heterocycles. The van der Waals surface area contributed by atoms with Crippen LogP contribution in [0.15, 0.2) is 36.4 Å². The number of rotatable bonds is 2. The standard InChI is InChI=1S/C14H15N3O/c15-10-7-11(8-10)16-14(18)13-6-5-9-3-1-2-4-12(9)17-13/h1-6,10-11H,7-8,15H2,(H,16,18). The number of nitrogens with zero attached hydrogens (tertiary/aromatic N) is 1. The quantitative estimate of drug-likeness (QED) is 0.836. The molecule has 3 rings (SSSR count). The molecular formula is C14H15N3O. The van der Waals surface area contributed by atoms with Crippen molar-refractivity contribution in [3.05, 3.63) is 42.1 Å². The number of aromatic nitrogens is 1. The van der Waals surface area contributed by atoms with Crippen LogP contribution in [-0.4, -0.2) is 23.0 Å². The van der Waals surface area contributed by atoms with Gasteiger partial charge in [-0.15, -0.1) is 0 Å². The fourth-order valence-corrected chi connectivity index (χ4v) is 2.23. The lowest BCUT2D eigenvalue weighted by molar-refractivity contribution is 0.0905. The Kier molecular flexibility index (Phi) is 2.72. The van der Waals surface area contributed by atoms with E-state index in [1.807, 2.05) is 30.3 Å². The minimum atomic E-state index is -0.113. The highest BCUT2D eigenvalue weighted by atomic mass is 16.1. The van der Waals surface area contributed by atoms with E-state index in [0.717, 1.165) is 23.7 Å². The molecule has 0 atom stereocenters. The molecule has 4 heteroatoms. The number of fused-ring (bicyclic) bond motifs is 1. The molecule has 1 aromatic carbocycles. The molecule has 0 bridgehead atoms. The molecular weight excluding hydrogens is 226 g/mol. The molecule has 0 aliphatic heterocycles. The number of nitrogens with two attached hydrogens (primary N) is 1. The Morgan fingerprint density at radius 3 is 2.78 bits per heavy atom. The van der Waals surface area contributed by atoms with Crippen molar-refractivity contribution >= 4 is 16.8 Å². The van der Waals surface area contributed by atoms with Gasteiger partial charge in [-0.1, -0.05) is 24.3 Å². The Balaban J connectivity index is 1.79. The molecule has 1 saturated carbocycles. The summed E-state index contributed by atoms with van der Waals surface area (Å²) in [5, 5.41) is 3.99. The Bertz CT molecular complexity index is 590. The maximum atomic E-state index is 12.0. The van der Waals surface area contributed by atoms with Crippen LogP contribution in [0.4, 0.5) is 0 Å². The van der Waals surface area contributed by atoms with Gasteiger partial charge in [-0.2, -0.15) is 0 Å². The van der Waals surface area contributed by atoms with Crippen molar-refractivity contribution in [1.29, 1.82) is 0 Å². The van der Waals surface area contributed by atoms with Gasteiger partial charge in [0.2, 0.25) is 0 Å². The molecule has 4 nitrogen and oxygen atoms in total. The molecule has 0 radical (unpaired) electrons. The molecule has 0 unspecified atom stereocenters. The summed E-state index contributed by atoms with van der Waals surface area (Å²) in [6.07, 6.45) is 1.72. The first-order valence-electron chi connectivity index (χ1n) is 6.14. The summed E-state index contributed by atoms with van der Waals surface area (Å²) in [4.78, 5) is 16.3. The predicted octanol–water partition coefficient (Wildman–Crippen LogP) is 1.45. The van der Waals surface area contributed by atoms with Crippen LogP contribution in [0.25, 0.3) is 10.9 Å². The Morgan fingerprint density at radius 2 is 2.00 bits per heavy atom. The number of carbonyl (C=O) groups excluding carboxylic acids is 1. The lowest BCUT2D eigenvalue weighted by Crippen LogP contribution is -2.50. The van der Waals surface area contributed by atoms with Crippen LogP contribution in [0.2, 0.25) is 0 Å². The smallest absolute Gasteiger partial charge is 0.270 e. The topological polar surface area (TPSA) is 68.0 Å². The number of hydrogen-bond donors (Lipinski definition) is 2. The van der Waals surface area contributed by atoms with Crippen LogP contribution < -0.4 is 11.1 Å². The van der Waals surface area contributed by atoms with E-state index >= 15 is 0 Å². The van der Waals surface area contributed by atoms with Gasteiger partial charge >= 0.3 is 0 Å². The highest BCUT2D eigenvalue weighted by Gasteiger charge is 2.27. The zero-order valence-electron chi connectivity index (χ0n) is 9.97. The third-order valence-electron chi connectivity index (χ3n) is 3.34. The molecule has 0 saturated heterocycles. The van der Waals surface area contributed by atoms with E-state index in [0.29, 0.717) is 5.69 Å². The molecule has 0 spiro atoms. The Labute approximate surface area is 105 Å². The SMILES string of the molecule is NC1CC(NC(=O)c2ccc3ccccc3n2)C1. The van der Waals surface area contributed by atoms with Gasteiger partial charge in [0.1, 0.15) is 5.69 Å². The summed E-state index contributed by atoms with van der Waals surface area (Å²) in [5.74, 6) is -0.113. The minimum Gasteiger partial charge on any atom is -0.348 e. The second-order valence-electron chi connectivity index (χ2n) is 4.79. The summed E-state index contributed by atoms with van der Waals surface area (Å²) >= 11 is 0. The van der Waals surface area contributed by atoms with Crippen LogP contribution in [-0.2, 0) is 0 Å². The van der Waals surface area contributed by atoms with Gasteiger partial charge < -0.3 is 11.1 Å². The fourth-order valence-electron chi connectivity index (χ4n) is 2.23. The third-order valence-corrected chi connectivity index (χ3v) is 3.34. The monoisotopic (exact) mass is 241 g/mol. The number of para-hydroxylation sites is 1. The largest absolute Gasteiger partial charge is 0.348 e. The lowest BCUT2D eigenvalue weighted by atomic mass is 9.87. The van der Waals surface area contributed by atoms with Crippen molar-refractivity contribution in [1.82, 2.24) is 10.3 Å². The van der Waals surface area contributed by atoms with Crippen molar-refractivity contribution in [2.45, 2.75) is 24.9 Å². The highest BCUT2D eigenvalue weighted by Crippen LogP contribution is 2.18. The van der Waals surface area contributed by atoms with Crippen LogP contribution in [0.3, 0.4) is 0 Å². The van der Waals surface area contributed by atoms with Crippen LogP contribution in [0, 0.1) is 0 Å². The van der Waals surface area contributed by atoms with Crippen LogP contribution >= 0.6 is 0 Å². The molecule has 1 fully saturated rings. The van der Waals surface area contributed by atoms with E-state index in [9.17, 15) is 4.79 Å². The number of benzene rings is 1. The van der Waals surface area contributed by atoms with Crippen molar-refractivity contribution in [2.75, 3.05) is 0 Å². The van der Waals surface area contributed by atoms with Gasteiger partial charge in [0.25, 0.3) is 5.91 Å². The minimum absolute atomic E-state index is 0.113. The van der Waals surface area contributed by atoms with Crippen molar-refractivity contribution in [3.63, 3.8) is 0 Å². The average molecular weight is 241 g/mol. The van der Waals surface area contributed by atoms with E-state index in [2.05, 4.69) is 10.3 Å². The summed E-state index contributed by atoms with van der Waals surface area (Å²) < 4.78 is 0. The zero-order valence-corrected chi connectivity index (χ0v) is 9.97. The Morgan fingerprint density at radius 1 is 1.22 bits per heavy atom. The predicted molar refractivity (Wildman–Crippen MR) is 70.2 cm³/mol. The molecule has 3 N–H and O–H groups in total. The van der Waals surface area contributed by atoms with E-state index in [4.69, 9.17) is 5.73 Å². The van der Waals surface area contributed by atoms with Crippen LogP contribution in [0.1, 0.15) is 23.3 Å². The molecule has 2 aromatic rings. The first kappa shape index (κ1) is 11.2. The van der Waals surface area contributed by atoms with Gasteiger partial charge in [-0.25, -0.2) is 4.98 Å². The van der Waals surface area contributed by atoms with Gasteiger partial charge in [0.15, 0.2) is 0 Å². The molecule has 1 aliphatic carbocycles. The molecule has 18 heavy (non-hydrogen) atoms. The summed E-state index contributed by atoms with van der Waals surface area (Å²) in [6, 6.07) is 11.9. The number of hydrogen-bond acceptors (Lipinski definition) is 3. The van der Waals surface area contributed by atoms with Crippen LogP contribution in [0.5, 0.6) is 0 Å². The van der Waals surface area contributed by atoms with E-state index in [1.165, 1.54) is 0 Å². The van der Waals surface area contributed by atoms with Crippen molar-refractivity contribution in [3.8, 4) is 0 Å². The normalized spacial score (nSPS) is 22.5. The van der Waals surface area contributed by atoms with Gasteiger partial charge in [0, 0.05) is 17.5 Å². The lowest BCUT2D eigenvalue weighted by Gasteiger charge is -2.32. The van der Waals surface area contributed by atoms with E-state index in [-0.39, 0.29) is 18.0 Å². The summed E-state index contributed by atoms with van der Waals surface area (Å²) in [5.41, 5.74) is 7.00. The molecule has 1 heterocycles. The van der Waals surface area contributed by atoms with Gasteiger partial charge in [-0.05, 0) is 25.0 Å². The maximum absolute atomic E-state index is 12.0.